The lowest BCUT2D eigenvalue weighted by Gasteiger charge is -2.27. The summed E-state index contributed by atoms with van der Waals surface area (Å²) in [6, 6.07) is 10.3. The smallest absolute Gasteiger partial charge is 0.272 e. The zero-order chi connectivity index (χ0) is 22.8. The van der Waals surface area contributed by atoms with Crippen LogP contribution in [0.2, 0.25) is 0 Å². The number of rotatable bonds is 7. The van der Waals surface area contributed by atoms with Crippen molar-refractivity contribution in [2.24, 2.45) is 7.05 Å². The molecule has 0 atom stereocenters. The number of hydrogen-bond acceptors (Lipinski definition) is 6. The van der Waals surface area contributed by atoms with E-state index in [1.165, 1.54) is 28.2 Å². The van der Waals surface area contributed by atoms with Gasteiger partial charge in [-0.1, -0.05) is 30.3 Å². The van der Waals surface area contributed by atoms with Crippen LogP contribution in [0.1, 0.15) is 43.6 Å². The summed E-state index contributed by atoms with van der Waals surface area (Å²) in [7, 11) is 1.96. The van der Waals surface area contributed by atoms with Crippen molar-refractivity contribution in [1.82, 2.24) is 34.8 Å². The molecule has 4 heterocycles. The highest BCUT2D eigenvalue weighted by atomic mass is 32.1. The molecule has 0 aliphatic carbocycles. The number of carbonyl (C=O) groups excluding carboxylic acids is 1. The fraction of sp³-hybridized carbons (Fsp3) is 0.333. The maximum Gasteiger partial charge on any atom is 0.272 e. The Morgan fingerprint density at radius 1 is 1.21 bits per heavy atom. The van der Waals surface area contributed by atoms with Gasteiger partial charge in [0.05, 0.1) is 19.3 Å². The number of hydrogen-bond donors (Lipinski definition) is 1. The van der Waals surface area contributed by atoms with Crippen molar-refractivity contribution in [3.63, 3.8) is 0 Å². The number of nitrogens with one attached hydrogen (secondary N) is 1. The molecule has 1 aliphatic rings. The lowest BCUT2D eigenvalue weighted by atomic mass is 10.0. The minimum Gasteiger partial charge on any atom is -0.344 e. The van der Waals surface area contributed by atoms with Gasteiger partial charge in [0.25, 0.3) is 5.91 Å². The number of aryl methyl sites for hydroxylation is 1. The van der Waals surface area contributed by atoms with Crippen LogP contribution >= 0.6 is 11.3 Å². The van der Waals surface area contributed by atoms with Crippen LogP contribution in [-0.2, 0) is 39.6 Å². The molecule has 1 amide bonds. The summed E-state index contributed by atoms with van der Waals surface area (Å²) in [6.45, 7) is 5.58. The molecule has 0 unspecified atom stereocenters. The summed E-state index contributed by atoms with van der Waals surface area (Å²) in [4.78, 5) is 19.8. The number of benzene rings is 1. The van der Waals surface area contributed by atoms with Crippen LogP contribution in [0.3, 0.4) is 0 Å². The van der Waals surface area contributed by atoms with E-state index in [4.69, 9.17) is 5.10 Å². The standard InChI is InChI=1S/C24H27N7OS/c1-17-19(12-27-29(17)2)15-30-10-8-21-20(16-30)23(24(32)26-13-22-25-9-11-33-22)28-31(21)14-18-6-4-3-5-7-18/h3-7,9,11-12H,8,10,13-16H2,1-2H3,(H,26,32). The van der Waals surface area contributed by atoms with Gasteiger partial charge >= 0.3 is 0 Å². The molecule has 0 saturated carbocycles. The average Bonchev–Trinajstić information content (AvgIpc) is 3.55. The Labute approximate surface area is 196 Å². The lowest BCUT2D eigenvalue weighted by Crippen LogP contribution is -2.32. The van der Waals surface area contributed by atoms with E-state index < -0.39 is 0 Å². The Morgan fingerprint density at radius 2 is 2.06 bits per heavy atom. The summed E-state index contributed by atoms with van der Waals surface area (Å²) in [5.41, 5.74) is 6.25. The van der Waals surface area contributed by atoms with Crippen LogP contribution in [-0.4, -0.2) is 41.9 Å². The number of amides is 1. The second-order valence-electron chi connectivity index (χ2n) is 8.37. The Hall–Kier alpha value is -3.30. The number of aromatic nitrogens is 5. The van der Waals surface area contributed by atoms with Crippen LogP contribution in [0.15, 0.2) is 48.1 Å². The third-order valence-electron chi connectivity index (χ3n) is 6.22. The molecule has 9 heteroatoms. The molecule has 0 bridgehead atoms. The second-order valence-corrected chi connectivity index (χ2v) is 9.34. The summed E-state index contributed by atoms with van der Waals surface area (Å²) < 4.78 is 3.91. The first-order chi connectivity index (χ1) is 16.1. The molecule has 3 aromatic heterocycles. The normalized spacial score (nSPS) is 13.8. The number of thiazole rings is 1. The van der Waals surface area contributed by atoms with E-state index in [2.05, 4.69) is 39.4 Å². The van der Waals surface area contributed by atoms with Crippen molar-refractivity contribution in [3.8, 4) is 0 Å². The average molecular weight is 462 g/mol. The van der Waals surface area contributed by atoms with Gasteiger partial charge in [-0.05, 0) is 12.5 Å². The van der Waals surface area contributed by atoms with Gasteiger partial charge in [0.1, 0.15) is 5.01 Å². The summed E-state index contributed by atoms with van der Waals surface area (Å²) >= 11 is 1.53. The van der Waals surface area contributed by atoms with E-state index in [1.807, 2.05) is 46.2 Å². The number of fused-ring (bicyclic) bond motifs is 1. The fourth-order valence-electron chi connectivity index (χ4n) is 4.27. The van der Waals surface area contributed by atoms with E-state index in [1.54, 1.807) is 6.20 Å². The van der Waals surface area contributed by atoms with Crippen LogP contribution in [0.5, 0.6) is 0 Å². The maximum absolute atomic E-state index is 13.2. The third-order valence-corrected chi connectivity index (χ3v) is 7.00. The predicted molar refractivity (Wildman–Crippen MR) is 127 cm³/mol. The van der Waals surface area contributed by atoms with Crippen molar-refractivity contribution < 1.29 is 4.79 Å². The Balaban J connectivity index is 1.41. The van der Waals surface area contributed by atoms with E-state index in [0.29, 0.717) is 25.3 Å². The molecular weight excluding hydrogens is 434 g/mol. The minimum absolute atomic E-state index is 0.146. The molecule has 170 valence electrons. The van der Waals surface area contributed by atoms with Gasteiger partial charge in [0.15, 0.2) is 5.69 Å². The largest absolute Gasteiger partial charge is 0.344 e. The SMILES string of the molecule is Cc1c(CN2CCc3c(c(C(=O)NCc4nccs4)nn3Cc3ccccc3)C2)cnn1C. The highest BCUT2D eigenvalue weighted by Gasteiger charge is 2.28. The van der Waals surface area contributed by atoms with E-state index in [9.17, 15) is 4.79 Å². The van der Waals surface area contributed by atoms with Gasteiger partial charge in [-0.15, -0.1) is 11.3 Å². The minimum atomic E-state index is -0.146. The van der Waals surface area contributed by atoms with Gasteiger partial charge in [-0.25, -0.2) is 4.98 Å². The van der Waals surface area contributed by atoms with Crippen LogP contribution in [0, 0.1) is 6.92 Å². The van der Waals surface area contributed by atoms with Crippen LogP contribution < -0.4 is 5.32 Å². The van der Waals surface area contributed by atoms with Gasteiger partial charge in [0.2, 0.25) is 0 Å². The summed E-state index contributed by atoms with van der Waals surface area (Å²) in [5.74, 6) is -0.146. The van der Waals surface area contributed by atoms with E-state index >= 15 is 0 Å². The fourth-order valence-corrected chi connectivity index (χ4v) is 4.83. The van der Waals surface area contributed by atoms with Crippen molar-refractivity contribution in [3.05, 3.63) is 86.9 Å². The first kappa shape index (κ1) is 21.5. The van der Waals surface area contributed by atoms with Crippen molar-refractivity contribution in [2.45, 2.75) is 39.5 Å². The van der Waals surface area contributed by atoms with E-state index in [-0.39, 0.29) is 5.91 Å². The molecule has 1 N–H and O–H groups in total. The highest BCUT2D eigenvalue weighted by molar-refractivity contribution is 7.09. The second kappa shape index (κ2) is 9.29. The zero-order valence-electron chi connectivity index (χ0n) is 18.9. The van der Waals surface area contributed by atoms with Gasteiger partial charge in [0, 0.05) is 67.2 Å². The molecule has 4 aromatic rings. The summed E-state index contributed by atoms with van der Waals surface area (Å²) in [5, 5.41) is 15.0. The molecule has 8 nitrogen and oxygen atoms in total. The molecular formula is C24H27N7OS. The molecule has 0 spiro atoms. The number of nitrogens with zero attached hydrogens (tertiary/aromatic N) is 6. The van der Waals surface area contributed by atoms with Crippen molar-refractivity contribution in [1.29, 1.82) is 0 Å². The van der Waals surface area contributed by atoms with Crippen molar-refractivity contribution >= 4 is 17.2 Å². The first-order valence-electron chi connectivity index (χ1n) is 11.1. The quantitative estimate of drug-likeness (QED) is 0.458. The molecule has 33 heavy (non-hydrogen) atoms. The first-order valence-corrected chi connectivity index (χ1v) is 12.0. The molecule has 1 aliphatic heterocycles. The molecule has 1 aromatic carbocycles. The van der Waals surface area contributed by atoms with E-state index in [0.717, 1.165) is 35.8 Å². The van der Waals surface area contributed by atoms with Crippen LogP contribution in [0.25, 0.3) is 0 Å². The molecule has 0 fully saturated rings. The summed E-state index contributed by atoms with van der Waals surface area (Å²) in [6.07, 6.45) is 4.54. The highest BCUT2D eigenvalue weighted by Crippen LogP contribution is 2.25. The lowest BCUT2D eigenvalue weighted by molar-refractivity contribution is 0.0942. The Morgan fingerprint density at radius 3 is 2.79 bits per heavy atom. The van der Waals surface area contributed by atoms with Gasteiger partial charge in [-0.2, -0.15) is 10.2 Å². The van der Waals surface area contributed by atoms with Crippen LogP contribution in [0.4, 0.5) is 0 Å². The molecule has 0 radical (unpaired) electrons. The van der Waals surface area contributed by atoms with Crippen molar-refractivity contribution in [2.75, 3.05) is 6.54 Å². The van der Waals surface area contributed by atoms with Gasteiger partial charge in [-0.3, -0.25) is 19.1 Å². The monoisotopic (exact) mass is 461 g/mol. The predicted octanol–water partition coefficient (Wildman–Crippen LogP) is 2.92. The zero-order valence-corrected chi connectivity index (χ0v) is 19.7. The van der Waals surface area contributed by atoms with Gasteiger partial charge < -0.3 is 5.32 Å². The molecule has 5 rings (SSSR count). The topological polar surface area (TPSA) is 80.9 Å². The molecule has 0 saturated heterocycles. The Bertz CT molecular complexity index is 1240. The number of carbonyl (C=O) groups is 1. The maximum atomic E-state index is 13.2. The Kier molecular flexibility index (Phi) is 6.06. The third kappa shape index (κ3) is 4.60.